The van der Waals surface area contributed by atoms with E-state index in [-0.39, 0.29) is 18.0 Å². The molecule has 0 saturated carbocycles. The molecule has 2 N–H and O–H groups in total. The van der Waals surface area contributed by atoms with Crippen LogP contribution >= 0.6 is 0 Å². The maximum atomic E-state index is 13.1. The molecule has 1 aliphatic rings. The zero-order valence-corrected chi connectivity index (χ0v) is 14.5. The van der Waals surface area contributed by atoms with E-state index >= 15 is 0 Å². The van der Waals surface area contributed by atoms with Crippen molar-refractivity contribution in [2.75, 3.05) is 13.1 Å². The first-order valence-electron chi connectivity index (χ1n) is 7.67. The quantitative estimate of drug-likeness (QED) is 0.526. The van der Waals surface area contributed by atoms with Crippen molar-refractivity contribution in [2.24, 2.45) is 0 Å². The minimum atomic E-state index is -4.95. The van der Waals surface area contributed by atoms with Crippen molar-refractivity contribution in [1.82, 2.24) is 15.5 Å². The molecule has 0 aliphatic carbocycles. The maximum absolute atomic E-state index is 13.1. The fourth-order valence-corrected chi connectivity index (χ4v) is 2.00. The first-order valence-corrected chi connectivity index (χ1v) is 7.67. The van der Waals surface area contributed by atoms with Gasteiger partial charge in [0.1, 0.15) is 11.6 Å². The van der Waals surface area contributed by atoms with E-state index in [1.54, 1.807) is 20.8 Å². The average Bonchev–Trinajstić information content (AvgIpc) is 2.77. The normalized spacial score (nSPS) is 15.8. The monoisotopic (exact) mass is 379 g/mol. The SMILES string of the molecule is CC(C)(C)OC(=O)NCCNC(=O)CC(N1C(=O)C=CC1=O)C(F)(F)F. The van der Waals surface area contributed by atoms with Gasteiger partial charge in [0.05, 0.1) is 6.42 Å². The average molecular weight is 379 g/mol. The summed E-state index contributed by atoms with van der Waals surface area (Å²) in [7, 11) is 0. The molecule has 0 aromatic heterocycles. The molecule has 1 aliphatic heterocycles. The Morgan fingerprint density at radius 3 is 2.04 bits per heavy atom. The van der Waals surface area contributed by atoms with Gasteiger partial charge in [-0.15, -0.1) is 0 Å². The molecule has 0 aromatic carbocycles. The van der Waals surface area contributed by atoms with Crippen LogP contribution in [0, 0.1) is 0 Å². The van der Waals surface area contributed by atoms with E-state index < -0.39 is 48.1 Å². The van der Waals surface area contributed by atoms with Crippen LogP contribution in [0.1, 0.15) is 27.2 Å². The number of imide groups is 1. The summed E-state index contributed by atoms with van der Waals surface area (Å²) in [5.74, 6) is -3.28. The molecule has 1 atom stereocenters. The van der Waals surface area contributed by atoms with Crippen LogP contribution in [0.15, 0.2) is 12.2 Å². The Morgan fingerprint density at radius 2 is 1.58 bits per heavy atom. The summed E-state index contributed by atoms with van der Waals surface area (Å²) in [4.78, 5) is 46.0. The van der Waals surface area contributed by atoms with Gasteiger partial charge < -0.3 is 15.4 Å². The third kappa shape index (κ3) is 6.73. The lowest BCUT2D eigenvalue weighted by Gasteiger charge is -2.27. The van der Waals surface area contributed by atoms with Gasteiger partial charge >= 0.3 is 12.3 Å². The number of carbonyl (C=O) groups excluding carboxylic acids is 4. The van der Waals surface area contributed by atoms with Crippen molar-refractivity contribution in [3.8, 4) is 0 Å². The lowest BCUT2D eigenvalue weighted by molar-refractivity contribution is -0.191. The highest BCUT2D eigenvalue weighted by atomic mass is 19.4. The van der Waals surface area contributed by atoms with Crippen LogP contribution in [0.4, 0.5) is 18.0 Å². The molecule has 0 bridgehead atoms. The molecular weight excluding hydrogens is 359 g/mol. The van der Waals surface area contributed by atoms with Crippen molar-refractivity contribution < 1.29 is 37.1 Å². The number of amides is 4. The molecule has 11 heteroatoms. The Labute approximate surface area is 147 Å². The molecular formula is C15H20F3N3O5. The predicted octanol–water partition coefficient (Wildman–Crippen LogP) is 0.873. The molecule has 1 unspecified atom stereocenters. The number of halogens is 3. The number of alkyl carbamates (subject to hydrolysis) is 1. The van der Waals surface area contributed by atoms with Gasteiger partial charge in [0.2, 0.25) is 5.91 Å². The molecule has 26 heavy (non-hydrogen) atoms. The molecule has 0 aromatic rings. The Hall–Kier alpha value is -2.59. The fourth-order valence-electron chi connectivity index (χ4n) is 2.00. The number of nitrogens with one attached hydrogen (secondary N) is 2. The number of hydrogen-bond donors (Lipinski definition) is 2. The topological polar surface area (TPSA) is 105 Å². The molecule has 4 amide bonds. The van der Waals surface area contributed by atoms with E-state index in [4.69, 9.17) is 4.74 Å². The van der Waals surface area contributed by atoms with Crippen molar-refractivity contribution in [2.45, 2.75) is 45.0 Å². The predicted molar refractivity (Wildman–Crippen MR) is 82.7 cm³/mol. The van der Waals surface area contributed by atoms with Gasteiger partial charge in [-0.05, 0) is 20.8 Å². The lowest BCUT2D eigenvalue weighted by Crippen LogP contribution is -2.51. The second kappa shape index (κ2) is 8.19. The fraction of sp³-hybridized carbons (Fsp3) is 0.600. The molecule has 0 saturated heterocycles. The van der Waals surface area contributed by atoms with Gasteiger partial charge in [-0.1, -0.05) is 0 Å². The summed E-state index contributed by atoms with van der Waals surface area (Å²) in [6.07, 6.45) is -5.40. The Morgan fingerprint density at radius 1 is 1.08 bits per heavy atom. The number of rotatable bonds is 6. The van der Waals surface area contributed by atoms with Crippen molar-refractivity contribution in [3.63, 3.8) is 0 Å². The molecule has 0 spiro atoms. The molecule has 0 radical (unpaired) electrons. The van der Waals surface area contributed by atoms with Gasteiger partial charge in [-0.2, -0.15) is 13.2 Å². The third-order valence-corrected chi connectivity index (χ3v) is 3.03. The second-order valence-corrected chi connectivity index (χ2v) is 6.42. The van der Waals surface area contributed by atoms with E-state index in [1.807, 2.05) is 0 Å². The largest absolute Gasteiger partial charge is 0.444 e. The highest BCUT2D eigenvalue weighted by Crippen LogP contribution is 2.29. The first-order chi connectivity index (χ1) is 11.8. The number of carbonyl (C=O) groups is 4. The number of ether oxygens (including phenoxy) is 1. The van der Waals surface area contributed by atoms with E-state index in [2.05, 4.69) is 10.6 Å². The van der Waals surface area contributed by atoms with E-state index in [0.29, 0.717) is 12.2 Å². The zero-order chi connectivity index (χ0) is 20.1. The summed E-state index contributed by atoms with van der Waals surface area (Å²) in [5.41, 5.74) is -0.712. The molecule has 8 nitrogen and oxygen atoms in total. The van der Waals surface area contributed by atoms with Crippen LogP contribution in [0.5, 0.6) is 0 Å². The van der Waals surface area contributed by atoms with Crippen LogP contribution in [-0.2, 0) is 19.1 Å². The maximum Gasteiger partial charge on any atom is 0.409 e. The molecule has 0 fully saturated rings. The lowest BCUT2D eigenvalue weighted by atomic mass is 10.1. The van der Waals surface area contributed by atoms with Crippen molar-refractivity contribution >= 4 is 23.8 Å². The molecule has 146 valence electrons. The summed E-state index contributed by atoms with van der Waals surface area (Å²) in [6, 6.07) is -2.56. The number of alkyl halides is 3. The Bertz CT molecular complexity index is 593. The van der Waals surface area contributed by atoms with Crippen LogP contribution in [0.25, 0.3) is 0 Å². The zero-order valence-electron chi connectivity index (χ0n) is 14.5. The van der Waals surface area contributed by atoms with Gasteiger partial charge in [0, 0.05) is 25.2 Å². The summed E-state index contributed by atoms with van der Waals surface area (Å²) in [5, 5.41) is 4.50. The van der Waals surface area contributed by atoms with E-state index in [1.165, 1.54) is 0 Å². The van der Waals surface area contributed by atoms with Gasteiger partial charge in [0.25, 0.3) is 11.8 Å². The minimum absolute atomic E-state index is 0.00146. The van der Waals surface area contributed by atoms with Crippen LogP contribution in [-0.4, -0.2) is 59.6 Å². The van der Waals surface area contributed by atoms with Crippen LogP contribution in [0.2, 0.25) is 0 Å². The Kier molecular flexibility index (Phi) is 6.76. The summed E-state index contributed by atoms with van der Waals surface area (Å²) < 4.78 is 44.3. The van der Waals surface area contributed by atoms with Gasteiger partial charge in [0.15, 0.2) is 0 Å². The van der Waals surface area contributed by atoms with Gasteiger partial charge in [-0.25, -0.2) is 4.79 Å². The summed E-state index contributed by atoms with van der Waals surface area (Å²) in [6.45, 7) is 4.74. The smallest absolute Gasteiger partial charge is 0.409 e. The van der Waals surface area contributed by atoms with Crippen LogP contribution in [0.3, 0.4) is 0 Å². The van der Waals surface area contributed by atoms with Crippen molar-refractivity contribution in [1.29, 1.82) is 0 Å². The molecule has 1 heterocycles. The Balaban J connectivity index is 2.50. The number of hydrogen-bond acceptors (Lipinski definition) is 5. The van der Waals surface area contributed by atoms with E-state index in [0.717, 1.165) is 0 Å². The second-order valence-electron chi connectivity index (χ2n) is 6.42. The van der Waals surface area contributed by atoms with E-state index in [9.17, 15) is 32.3 Å². The molecule has 1 rings (SSSR count). The highest BCUT2D eigenvalue weighted by Gasteiger charge is 2.49. The minimum Gasteiger partial charge on any atom is -0.444 e. The standard InChI is InChI=1S/C15H20F3N3O5/c1-14(2,3)26-13(25)20-7-6-19-10(22)8-9(15(16,17)18)21-11(23)4-5-12(21)24/h4-5,9H,6-8H2,1-3H3,(H,19,22)(H,20,25). The summed E-state index contributed by atoms with van der Waals surface area (Å²) >= 11 is 0. The number of nitrogens with zero attached hydrogens (tertiary/aromatic N) is 1. The van der Waals surface area contributed by atoms with Gasteiger partial charge in [-0.3, -0.25) is 19.3 Å². The third-order valence-electron chi connectivity index (χ3n) is 3.03. The van der Waals surface area contributed by atoms with Crippen LogP contribution < -0.4 is 10.6 Å². The first kappa shape index (κ1) is 21.5. The highest BCUT2D eigenvalue weighted by molar-refractivity contribution is 6.13. The van der Waals surface area contributed by atoms with Crippen molar-refractivity contribution in [3.05, 3.63) is 12.2 Å².